The Kier molecular flexibility index (Phi) is 5.48. The fourth-order valence-corrected chi connectivity index (χ4v) is 4.29. The van der Waals surface area contributed by atoms with Gasteiger partial charge in [-0.05, 0) is 50.3 Å². The molecule has 1 aromatic carbocycles. The maximum absolute atomic E-state index is 13.2. The Bertz CT molecular complexity index is 661. The Morgan fingerprint density at radius 2 is 1.78 bits per heavy atom. The lowest BCUT2D eigenvalue weighted by molar-refractivity contribution is -0.144. The van der Waals surface area contributed by atoms with Gasteiger partial charge in [0.1, 0.15) is 0 Å². The molecule has 2 aliphatic heterocycles. The zero-order chi connectivity index (χ0) is 18.8. The molecular weight excluding hydrogens is 338 g/mol. The van der Waals surface area contributed by atoms with E-state index < -0.39 is 0 Å². The molecule has 0 aromatic heterocycles. The highest BCUT2D eigenvalue weighted by Gasteiger charge is 2.38. The maximum atomic E-state index is 13.2. The van der Waals surface area contributed by atoms with Gasteiger partial charge in [0.2, 0.25) is 11.8 Å². The molecule has 0 bridgehead atoms. The van der Waals surface area contributed by atoms with Crippen LogP contribution in [0.4, 0.5) is 0 Å². The van der Waals surface area contributed by atoms with Crippen molar-refractivity contribution in [3.63, 3.8) is 0 Å². The summed E-state index contributed by atoms with van der Waals surface area (Å²) >= 11 is 0. The summed E-state index contributed by atoms with van der Waals surface area (Å²) in [6.45, 7) is 6.14. The summed E-state index contributed by atoms with van der Waals surface area (Å²) in [6.07, 6.45) is 3.86. The summed E-state index contributed by atoms with van der Waals surface area (Å²) in [5, 5.41) is 3.25. The minimum atomic E-state index is 0.0686. The van der Waals surface area contributed by atoms with E-state index in [1.165, 1.54) is 5.56 Å². The van der Waals surface area contributed by atoms with Crippen molar-refractivity contribution in [3.05, 3.63) is 35.9 Å². The number of amides is 2. The fraction of sp³-hybridized carbons (Fsp3) is 0.636. The van der Waals surface area contributed by atoms with Gasteiger partial charge >= 0.3 is 0 Å². The average Bonchev–Trinajstić information content (AvgIpc) is 3.49. The van der Waals surface area contributed by atoms with E-state index in [4.69, 9.17) is 0 Å². The summed E-state index contributed by atoms with van der Waals surface area (Å²) in [6, 6.07) is 10.7. The second-order valence-corrected chi connectivity index (χ2v) is 8.49. The van der Waals surface area contributed by atoms with Crippen molar-refractivity contribution in [1.29, 1.82) is 0 Å². The number of rotatable bonds is 6. The van der Waals surface area contributed by atoms with Gasteiger partial charge < -0.3 is 15.1 Å². The van der Waals surface area contributed by atoms with Crippen molar-refractivity contribution in [2.45, 2.75) is 45.2 Å². The third-order valence-corrected chi connectivity index (χ3v) is 6.53. The predicted octanol–water partition coefficient (Wildman–Crippen LogP) is 2.27. The van der Waals surface area contributed by atoms with Crippen LogP contribution < -0.4 is 5.32 Å². The van der Waals surface area contributed by atoms with Gasteiger partial charge in [-0.1, -0.05) is 37.3 Å². The fourth-order valence-electron chi connectivity index (χ4n) is 4.29. The van der Waals surface area contributed by atoms with Crippen LogP contribution in [0.15, 0.2) is 30.3 Å². The van der Waals surface area contributed by atoms with E-state index in [0.717, 1.165) is 58.4 Å². The Morgan fingerprint density at radius 3 is 2.33 bits per heavy atom. The Balaban J connectivity index is 1.32. The Hall–Kier alpha value is -1.88. The van der Waals surface area contributed by atoms with Gasteiger partial charge in [0.05, 0.1) is 0 Å². The molecule has 0 spiro atoms. The molecule has 2 saturated heterocycles. The summed E-state index contributed by atoms with van der Waals surface area (Å²) in [7, 11) is 0. The van der Waals surface area contributed by atoms with Gasteiger partial charge in [-0.25, -0.2) is 0 Å². The number of piperidine rings is 1. The number of hydrogen-bond acceptors (Lipinski definition) is 3. The lowest BCUT2D eigenvalue weighted by Crippen LogP contribution is -2.52. The smallest absolute Gasteiger partial charge is 0.226 e. The summed E-state index contributed by atoms with van der Waals surface area (Å²) in [5.74, 6) is 1.21. The number of carbonyl (C=O) groups is 2. The first-order valence-corrected chi connectivity index (χ1v) is 10.5. The van der Waals surface area contributed by atoms with Crippen molar-refractivity contribution < 1.29 is 9.59 Å². The van der Waals surface area contributed by atoms with Crippen molar-refractivity contribution in [2.24, 2.45) is 17.8 Å². The van der Waals surface area contributed by atoms with E-state index in [1.807, 2.05) is 23.1 Å². The van der Waals surface area contributed by atoms with Crippen molar-refractivity contribution >= 4 is 11.8 Å². The van der Waals surface area contributed by atoms with Crippen LogP contribution in [0.2, 0.25) is 0 Å². The Morgan fingerprint density at radius 1 is 1.11 bits per heavy atom. The highest BCUT2D eigenvalue weighted by Crippen LogP contribution is 2.32. The minimum absolute atomic E-state index is 0.0686. The Labute approximate surface area is 162 Å². The molecule has 3 aliphatic rings. The quantitative estimate of drug-likeness (QED) is 0.837. The second-order valence-electron chi connectivity index (χ2n) is 8.49. The standard InChI is InChI=1S/C22H31N3O2/c1-16(19-13-23-14-19)21(26)24-11-9-18(10-12-24)22(27)25(20-7-8-20)15-17-5-3-2-4-6-17/h2-6,16,18-20,23H,7-15H2,1H3. The van der Waals surface area contributed by atoms with Crippen LogP contribution in [0, 0.1) is 17.8 Å². The first-order chi connectivity index (χ1) is 13.1. The van der Waals surface area contributed by atoms with E-state index in [1.54, 1.807) is 0 Å². The number of nitrogens with zero attached hydrogens (tertiary/aromatic N) is 2. The molecular formula is C22H31N3O2. The van der Waals surface area contributed by atoms with Crippen molar-refractivity contribution in [1.82, 2.24) is 15.1 Å². The van der Waals surface area contributed by atoms with E-state index in [0.29, 0.717) is 17.9 Å². The van der Waals surface area contributed by atoms with Crippen LogP contribution in [0.25, 0.3) is 0 Å². The van der Waals surface area contributed by atoms with Crippen LogP contribution in [0.5, 0.6) is 0 Å². The van der Waals surface area contributed by atoms with Gasteiger partial charge in [0.15, 0.2) is 0 Å². The number of nitrogens with one attached hydrogen (secondary N) is 1. The van der Waals surface area contributed by atoms with Crippen molar-refractivity contribution in [3.8, 4) is 0 Å². The van der Waals surface area contributed by atoms with Gasteiger partial charge in [0, 0.05) is 37.5 Å². The lowest BCUT2D eigenvalue weighted by Gasteiger charge is -2.38. The number of benzene rings is 1. The average molecular weight is 370 g/mol. The van der Waals surface area contributed by atoms with Crippen LogP contribution in [0.1, 0.15) is 38.2 Å². The molecule has 4 rings (SSSR count). The molecule has 1 aliphatic carbocycles. The van der Waals surface area contributed by atoms with E-state index >= 15 is 0 Å². The summed E-state index contributed by atoms with van der Waals surface area (Å²) in [4.78, 5) is 30.0. The van der Waals surface area contributed by atoms with Crippen LogP contribution in [-0.4, -0.2) is 53.8 Å². The van der Waals surface area contributed by atoms with Crippen LogP contribution >= 0.6 is 0 Å². The molecule has 1 N–H and O–H groups in total. The molecule has 2 heterocycles. The predicted molar refractivity (Wildman–Crippen MR) is 105 cm³/mol. The SMILES string of the molecule is CC(C(=O)N1CCC(C(=O)N(Cc2ccccc2)C2CC2)CC1)C1CNC1. The van der Waals surface area contributed by atoms with Crippen LogP contribution in [0.3, 0.4) is 0 Å². The molecule has 3 fully saturated rings. The highest BCUT2D eigenvalue weighted by molar-refractivity contribution is 5.81. The molecule has 2 amide bonds. The second kappa shape index (κ2) is 8.01. The van der Waals surface area contributed by atoms with Gasteiger partial charge in [-0.3, -0.25) is 9.59 Å². The maximum Gasteiger partial charge on any atom is 0.226 e. The van der Waals surface area contributed by atoms with Gasteiger partial charge in [0.25, 0.3) is 0 Å². The first kappa shape index (κ1) is 18.5. The normalized spacial score (nSPS) is 22.2. The minimum Gasteiger partial charge on any atom is -0.342 e. The molecule has 146 valence electrons. The molecule has 5 heteroatoms. The third kappa shape index (κ3) is 4.18. The number of carbonyl (C=O) groups excluding carboxylic acids is 2. The number of hydrogen-bond donors (Lipinski definition) is 1. The van der Waals surface area contributed by atoms with Gasteiger partial charge in [-0.15, -0.1) is 0 Å². The summed E-state index contributed by atoms with van der Waals surface area (Å²) < 4.78 is 0. The molecule has 1 saturated carbocycles. The van der Waals surface area contributed by atoms with Crippen molar-refractivity contribution in [2.75, 3.05) is 26.2 Å². The van der Waals surface area contributed by atoms with E-state index in [2.05, 4.69) is 29.3 Å². The van der Waals surface area contributed by atoms with Crippen LogP contribution in [-0.2, 0) is 16.1 Å². The molecule has 0 radical (unpaired) electrons. The van der Waals surface area contributed by atoms with E-state index in [9.17, 15) is 9.59 Å². The highest BCUT2D eigenvalue weighted by atomic mass is 16.2. The number of likely N-dealkylation sites (tertiary alicyclic amines) is 1. The molecule has 1 unspecified atom stereocenters. The largest absolute Gasteiger partial charge is 0.342 e. The zero-order valence-corrected chi connectivity index (χ0v) is 16.3. The zero-order valence-electron chi connectivity index (χ0n) is 16.3. The molecule has 1 atom stereocenters. The third-order valence-electron chi connectivity index (χ3n) is 6.53. The first-order valence-electron chi connectivity index (χ1n) is 10.5. The lowest BCUT2D eigenvalue weighted by atomic mass is 9.86. The summed E-state index contributed by atoms with van der Waals surface area (Å²) in [5.41, 5.74) is 1.20. The monoisotopic (exact) mass is 369 g/mol. The molecule has 1 aromatic rings. The molecule has 27 heavy (non-hydrogen) atoms. The molecule has 5 nitrogen and oxygen atoms in total. The topological polar surface area (TPSA) is 52.7 Å². The van der Waals surface area contributed by atoms with E-state index in [-0.39, 0.29) is 17.7 Å². The van der Waals surface area contributed by atoms with Gasteiger partial charge in [-0.2, -0.15) is 0 Å².